The summed E-state index contributed by atoms with van der Waals surface area (Å²) in [5.74, 6) is 3.96. The number of hydrogen-bond acceptors (Lipinski definition) is 4. The number of hydrogen-bond donors (Lipinski definition) is 1. The third-order valence-electron chi connectivity index (χ3n) is 15.8. The van der Waals surface area contributed by atoms with Gasteiger partial charge in [-0.1, -0.05) is 59.8 Å². The van der Waals surface area contributed by atoms with E-state index in [-0.39, 0.29) is 23.2 Å². The third-order valence-corrected chi connectivity index (χ3v) is 15.8. The number of phenolic OH excluding ortho intramolecular Hbond substituents is 1. The molecule has 1 aromatic rings. The molecule has 254 valence electrons. The Hall–Kier alpha value is -2.23. The van der Waals surface area contributed by atoms with Crippen LogP contribution in [0.3, 0.4) is 0 Å². The van der Waals surface area contributed by atoms with Gasteiger partial charge in [-0.15, -0.1) is 0 Å². The van der Waals surface area contributed by atoms with Gasteiger partial charge in [0.05, 0.1) is 7.11 Å². The lowest BCUT2D eigenvalue weighted by Crippen LogP contribution is -2.58. The molecule has 5 saturated carbocycles. The minimum absolute atomic E-state index is 0.0363. The molecule has 0 saturated heterocycles. The van der Waals surface area contributed by atoms with Crippen molar-refractivity contribution >= 4 is 12.0 Å². The number of methoxy groups -OCH3 is 1. The average Bonchev–Trinajstić information content (AvgIpc) is 3.59. The van der Waals surface area contributed by atoms with Gasteiger partial charge in [0.1, 0.15) is 6.10 Å². The molecule has 0 amide bonds. The lowest BCUT2D eigenvalue weighted by Gasteiger charge is -2.63. The van der Waals surface area contributed by atoms with Crippen LogP contribution in [0.25, 0.3) is 6.08 Å². The van der Waals surface area contributed by atoms with Gasteiger partial charge in [-0.3, -0.25) is 0 Å². The van der Waals surface area contributed by atoms with Gasteiger partial charge < -0.3 is 14.6 Å². The lowest BCUT2D eigenvalue weighted by atomic mass is 9.41. The average molecular weight is 631 g/mol. The summed E-state index contributed by atoms with van der Waals surface area (Å²) >= 11 is 0. The second kappa shape index (κ2) is 11.7. The molecule has 10 atom stereocenters. The summed E-state index contributed by atoms with van der Waals surface area (Å²) in [6.45, 7) is 21.7. The quantitative estimate of drug-likeness (QED) is 0.159. The lowest BCUT2D eigenvalue weighted by molar-refractivity contribution is -0.179. The standard InChI is InChI=1S/C42H62O4/c1-10-30(27(2)3)14-11-28(4)31-19-21-40(8)35-17-16-34-38(5,6)36(20-22-41(34)26-42(35,41)24-23-39(31,40)7)46-37(44)18-13-29-12-15-32(43)33(25-29)45-9/h12-13,15,18,25,28,30-31,34-36,43H,2,10-11,14,16-17,19-24,26H2,1,3-9H3. The Balaban J connectivity index is 1.14. The van der Waals surface area contributed by atoms with E-state index in [4.69, 9.17) is 9.47 Å². The van der Waals surface area contributed by atoms with Crippen LogP contribution in [0.4, 0.5) is 0 Å². The molecule has 10 unspecified atom stereocenters. The molecule has 0 aromatic heterocycles. The molecule has 5 aliphatic rings. The summed E-state index contributed by atoms with van der Waals surface area (Å²) in [5, 5.41) is 9.90. The first-order chi connectivity index (χ1) is 21.7. The van der Waals surface area contributed by atoms with E-state index in [1.807, 2.05) is 0 Å². The summed E-state index contributed by atoms with van der Waals surface area (Å²) < 4.78 is 11.5. The second-order valence-corrected chi connectivity index (χ2v) is 17.7. The molecule has 2 spiro atoms. The SMILES string of the molecule is C=C(C)C(CC)CCC(C)C1CCC2(C)C3CCC4C(C)(C)C(OC(=O)C=Cc5ccc(O)c(OC)c5)CCC45CC35CCC12C. The largest absolute Gasteiger partial charge is 0.504 e. The normalized spacial score (nSPS) is 40.2. The van der Waals surface area contributed by atoms with E-state index >= 15 is 0 Å². The van der Waals surface area contributed by atoms with E-state index in [0.717, 1.165) is 29.7 Å². The molecule has 1 aromatic carbocycles. The number of benzene rings is 1. The Kier molecular flexibility index (Phi) is 8.58. The van der Waals surface area contributed by atoms with Gasteiger partial charge in [-0.25, -0.2) is 4.79 Å². The highest BCUT2D eigenvalue weighted by Crippen LogP contribution is 2.89. The molecule has 0 bridgehead atoms. The van der Waals surface area contributed by atoms with Crippen LogP contribution < -0.4 is 4.74 Å². The Morgan fingerprint density at radius 2 is 1.72 bits per heavy atom. The molecule has 0 radical (unpaired) electrons. The molecule has 0 heterocycles. The number of rotatable bonds is 10. The van der Waals surface area contributed by atoms with Gasteiger partial charge in [-0.2, -0.15) is 0 Å². The molecule has 46 heavy (non-hydrogen) atoms. The van der Waals surface area contributed by atoms with Gasteiger partial charge in [0.25, 0.3) is 0 Å². The topological polar surface area (TPSA) is 55.8 Å². The number of phenols is 1. The fraction of sp³-hybridized carbons (Fsp3) is 0.738. The predicted octanol–water partition coefficient (Wildman–Crippen LogP) is 10.8. The fourth-order valence-corrected chi connectivity index (χ4v) is 13.1. The number of fused-ring (bicyclic) bond motifs is 2. The summed E-state index contributed by atoms with van der Waals surface area (Å²) in [6.07, 6.45) is 18.9. The van der Waals surface area contributed by atoms with Crippen LogP contribution in [0.5, 0.6) is 11.5 Å². The van der Waals surface area contributed by atoms with Crippen molar-refractivity contribution in [1.82, 2.24) is 0 Å². The molecular formula is C42H62O4. The number of ether oxygens (including phenoxy) is 2. The van der Waals surface area contributed by atoms with E-state index < -0.39 is 0 Å². The fourth-order valence-electron chi connectivity index (χ4n) is 13.1. The second-order valence-electron chi connectivity index (χ2n) is 17.7. The van der Waals surface area contributed by atoms with Crippen LogP contribution in [0.1, 0.15) is 131 Å². The summed E-state index contributed by atoms with van der Waals surface area (Å²) in [6, 6.07) is 5.09. The van der Waals surface area contributed by atoms with Crippen LogP contribution in [0.15, 0.2) is 36.4 Å². The number of carbonyl (C=O) groups excluding carboxylic acids is 1. The van der Waals surface area contributed by atoms with Gasteiger partial charge in [0.15, 0.2) is 11.5 Å². The Labute approximate surface area is 279 Å². The number of aromatic hydroxyl groups is 1. The van der Waals surface area contributed by atoms with E-state index in [9.17, 15) is 9.90 Å². The number of carbonyl (C=O) groups is 1. The molecule has 5 fully saturated rings. The molecule has 5 aliphatic carbocycles. The van der Waals surface area contributed by atoms with Gasteiger partial charge in [0.2, 0.25) is 0 Å². The van der Waals surface area contributed by atoms with Crippen molar-refractivity contribution in [3.63, 3.8) is 0 Å². The van der Waals surface area contributed by atoms with Crippen molar-refractivity contribution in [3.8, 4) is 11.5 Å². The Morgan fingerprint density at radius 3 is 2.41 bits per heavy atom. The van der Waals surface area contributed by atoms with Crippen LogP contribution >= 0.6 is 0 Å². The zero-order valence-electron chi connectivity index (χ0n) is 30.2. The Morgan fingerprint density at radius 1 is 1.00 bits per heavy atom. The zero-order valence-corrected chi connectivity index (χ0v) is 30.2. The van der Waals surface area contributed by atoms with E-state index in [1.54, 1.807) is 24.3 Å². The van der Waals surface area contributed by atoms with Crippen LogP contribution in [0.2, 0.25) is 0 Å². The van der Waals surface area contributed by atoms with Gasteiger partial charge in [-0.05, 0) is 159 Å². The maximum atomic E-state index is 13.1. The predicted molar refractivity (Wildman–Crippen MR) is 187 cm³/mol. The van der Waals surface area contributed by atoms with E-state index in [0.29, 0.717) is 39.2 Å². The van der Waals surface area contributed by atoms with Crippen molar-refractivity contribution in [2.24, 2.45) is 56.7 Å². The smallest absolute Gasteiger partial charge is 0.331 e. The number of esters is 1. The van der Waals surface area contributed by atoms with Crippen molar-refractivity contribution in [3.05, 3.63) is 42.0 Å². The molecule has 4 nitrogen and oxygen atoms in total. The maximum Gasteiger partial charge on any atom is 0.331 e. The monoisotopic (exact) mass is 630 g/mol. The first kappa shape index (κ1) is 33.7. The highest BCUT2D eigenvalue weighted by atomic mass is 16.5. The van der Waals surface area contributed by atoms with E-state index in [2.05, 4.69) is 55.0 Å². The first-order valence-electron chi connectivity index (χ1n) is 18.6. The minimum atomic E-state index is -0.277. The molecule has 4 heteroatoms. The van der Waals surface area contributed by atoms with Gasteiger partial charge in [0, 0.05) is 11.5 Å². The van der Waals surface area contributed by atoms with E-state index in [1.165, 1.54) is 89.4 Å². The molecule has 0 aliphatic heterocycles. The first-order valence-corrected chi connectivity index (χ1v) is 18.6. The minimum Gasteiger partial charge on any atom is -0.504 e. The molecular weight excluding hydrogens is 568 g/mol. The van der Waals surface area contributed by atoms with Crippen molar-refractivity contribution in [2.75, 3.05) is 7.11 Å². The van der Waals surface area contributed by atoms with Crippen molar-refractivity contribution < 1.29 is 19.4 Å². The molecule has 6 rings (SSSR count). The highest BCUT2D eigenvalue weighted by molar-refractivity contribution is 5.87. The summed E-state index contributed by atoms with van der Waals surface area (Å²) in [7, 11) is 1.53. The van der Waals surface area contributed by atoms with Crippen molar-refractivity contribution in [1.29, 1.82) is 0 Å². The molecule has 1 N–H and O–H groups in total. The van der Waals surface area contributed by atoms with Crippen molar-refractivity contribution in [2.45, 2.75) is 132 Å². The van der Waals surface area contributed by atoms with Gasteiger partial charge >= 0.3 is 5.97 Å². The Bertz CT molecular complexity index is 1380. The van der Waals surface area contributed by atoms with Crippen LogP contribution in [-0.4, -0.2) is 24.3 Å². The summed E-state index contributed by atoms with van der Waals surface area (Å²) in [4.78, 5) is 13.1. The van der Waals surface area contributed by atoms with Crippen LogP contribution in [-0.2, 0) is 9.53 Å². The summed E-state index contributed by atoms with van der Waals surface area (Å²) in [5.41, 5.74) is 3.94. The zero-order chi connectivity index (χ0) is 33.3. The number of allylic oxidation sites excluding steroid dienone is 1. The maximum absolute atomic E-state index is 13.1. The van der Waals surface area contributed by atoms with Crippen LogP contribution in [0, 0.1) is 56.7 Å². The highest BCUT2D eigenvalue weighted by Gasteiger charge is 2.82. The third kappa shape index (κ3) is 4.92.